The van der Waals surface area contributed by atoms with Crippen LogP contribution in [-0.4, -0.2) is 25.0 Å². The van der Waals surface area contributed by atoms with Gasteiger partial charge in [-0.2, -0.15) is 0 Å². The summed E-state index contributed by atoms with van der Waals surface area (Å²) < 4.78 is 30.0. The average Bonchev–Trinajstić information content (AvgIpc) is 3.18. The van der Waals surface area contributed by atoms with E-state index in [2.05, 4.69) is 24.5 Å². The number of rotatable bonds is 8. The zero-order valence-electron chi connectivity index (χ0n) is 19.5. The zero-order chi connectivity index (χ0) is 22.7. The highest BCUT2D eigenvalue weighted by atomic mass is 32.2. The lowest BCUT2D eigenvalue weighted by Crippen LogP contribution is -2.26. The molecule has 3 aromatic rings. The molecule has 1 aliphatic rings. The predicted molar refractivity (Wildman–Crippen MR) is 132 cm³/mol. The van der Waals surface area contributed by atoms with E-state index in [-0.39, 0.29) is 0 Å². The molecule has 1 aliphatic carbocycles. The van der Waals surface area contributed by atoms with E-state index in [1.807, 2.05) is 18.2 Å². The zero-order valence-corrected chi connectivity index (χ0v) is 20.3. The van der Waals surface area contributed by atoms with E-state index >= 15 is 0 Å². The van der Waals surface area contributed by atoms with Gasteiger partial charge in [0.25, 0.3) is 10.0 Å². The molecule has 32 heavy (non-hydrogen) atoms. The van der Waals surface area contributed by atoms with Crippen LogP contribution in [0.3, 0.4) is 0 Å². The summed E-state index contributed by atoms with van der Waals surface area (Å²) in [5.41, 5.74) is 2.64. The highest BCUT2D eigenvalue weighted by Crippen LogP contribution is 2.33. The molecule has 0 radical (unpaired) electrons. The molecule has 0 amide bonds. The first-order valence-electron chi connectivity index (χ1n) is 12.0. The largest absolute Gasteiger partial charge is 0.327 e. The lowest BCUT2D eigenvalue weighted by atomic mass is 9.89. The van der Waals surface area contributed by atoms with Crippen LogP contribution in [0.4, 0.5) is 5.69 Å². The van der Waals surface area contributed by atoms with E-state index in [0.29, 0.717) is 22.4 Å². The van der Waals surface area contributed by atoms with Crippen LogP contribution in [0.25, 0.3) is 11.0 Å². The van der Waals surface area contributed by atoms with Gasteiger partial charge in [-0.1, -0.05) is 51.3 Å². The van der Waals surface area contributed by atoms with E-state index in [1.165, 1.54) is 36.4 Å². The molecule has 0 spiro atoms. The Kier molecular flexibility index (Phi) is 6.89. The third-order valence-electron chi connectivity index (χ3n) is 7.04. The van der Waals surface area contributed by atoms with Crippen molar-refractivity contribution in [2.45, 2.75) is 76.2 Å². The first kappa shape index (κ1) is 22.8. The van der Waals surface area contributed by atoms with E-state index in [1.54, 1.807) is 31.3 Å². The number of aromatic nitrogens is 2. The summed E-state index contributed by atoms with van der Waals surface area (Å²) in [6, 6.07) is 14.5. The quantitative estimate of drug-likeness (QED) is 0.399. The van der Waals surface area contributed by atoms with Crippen LogP contribution < -0.4 is 4.31 Å². The Morgan fingerprint density at radius 1 is 1.03 bits per heavy atom. The Bertz CT molecular complexity index is 1140. The van der Waals surface area contributed by atoms with Gasteiger partial charge in [0, 0.05) is 19.5 Å². The molecule has 172 valence electrons. The summed E-state index contributed by atoms with van der Waals surface area (Å²) in [5.74, 6) is 2.27. The van der Waals surface area contributed by atoms with E-state index in [4.69, 9.17) is 4.98 Å². The second-order valence-electron chi connectivity index (χ2n) is 9.06. The smallest absolute Gasteiger partial charge is 0.264 e. The lowest BCUT2D eigenvalue weighted by molar-refractivity contribution is 0.316. The number of hydrogen-bond donors (Lipinski definition) is 0. The minimum atomic E-state index is -3.61. The molecule has 1 aromatic heterocycles. The molecule has 0 N–H and O–H groups in total. The third kappa shape index (κ3) is 4.42. The van der Waals surface area contributed by atoms with Gasteiger partial charge >= 0.3 is 0 Å². The topological polar surface area (TPSA) is 55.2 Å². The maximum absolute atomic E-state index is 13.1. The van der Waals surface area contributed by atoms with Gasteiger partial charge in [-0.05, 0) is 61.9 Å². The normalized spacial score (nSPS) is 15.5. The molecule has 6 heteroatoms. The number of imidazole rings is 1. The van der Waals surface area contributed by atoms with Crippen LogP contribution in [0.2, 0.25) is 0 Å². The summed E-state index contributed by atoms with van der Waals surface area (Å²) in [5, 5.41) is 0. The van der Waals surface area contributed by atoms with Crippen molar-refractivity contribution in [1.29, 1.82) is 0 Å². The van der Waals surface area contributed by atoms with E-state index in [9.17, 15) is 8.42 Å². The fourth-order valence-corrected chi connectivity index (χ4v) is 6.22. The van der Waals surface area contributed by atoms with Gasteiger partial charge in [-0.3, -0.25) is 4.31 Å². The molecule has 1 fully saturated rings. The van der Waals surface area contributed by atoms with Crippen molar-refractivity contribution in [1.82, 2.24) is 9.55 Å². The fraction of sp³-hybridized carbons (Fsp3) is 0.500. The van der Waals surface area contributed by atoms with Crippen molar-refractivity contribution in [2.75, 3.05) is 11.4 Å². The second-order valence-corrected chi connectivity index (χ2v) is 11.0. The molecule has 4 rings (SSSR count). The first-order valence-corrected chi connectivity index (χ1v) is 13.4. The van der Waals surface area contributed by atoms with Gasteiger partial charge in [-0.25, -0.2) is 13.4 Å². The Balaban J connectivity index is 1.73. The number of hydrogen-bond acceptors (Lipinski definition) is 3. The molecule has 0 bridgehead atoms. The summed E-state index contributed by atoms with van der Waals surface area (Å²) >= 11 is 0. The molecule has 1 heterocycles. The molecular formula is C26H35N3O2S. The SMILES string of the molecule is CCC(CC)c1nc2cc(N(C)S(=O)(=O)c3ccccc3)ccc2n1CC1CCCCC1. The molecule has 0 aliphatic heterocycles. The van der Waals surface area contributed by atoms with Crippen LogP contribution >= 0.6 is 0 Å². The van der Waals surface area contributed by atoms with Gasteiger partial charge < -0.3 is 4.57 Å². The molecular weight excluding hydrogens is 418 g/mol. The second kappa shape index (κ2) is 9.65. The van der Waals surface area contributed by atoms with Gasteiger partial charge in [-0.15, -0.1) is 0 Å². The number of benzene rings is 2. The summed E-state index contributed by atoms with van der Waals surface area (Å²) in [7, 11) is -2.00. The van der Waals surface area contributed by atoms with Gasteiger partial charge in [0.2, 0.25) is 0 Å². The van der Waals surface area contributed by atoms with Crippen molar-refractivity contribution in [2.24, 2.45) is 5.92 Å². The molecule has 0 atom stereocenters. The van der Waals surface area contributed by atoms with Crippen LogP contribution in [0.15, 0.2) is 53.4 Å². The third-order valence-corrected chi connectivity index (χ3v) is 8.84. The predicted octanol–water partition coefficient (Wildman–Crippen LogP) is 6.35. The molecule has 5 nitrogen and oxygen atoms in total. The van der Waals surface area contributed by atoms with Gasteiger partial charge in [0.1, 0.15) is 5.82 Å². The van der Waals surface area contributed by atoms with Crippen molar-refractivity contribution in [3.63, 3.8) is 0 Å². The Hall–Kier alpha value is -2.34. The summed E-state index contributed by atoms with van der Waals surface area (Å²) in [6.07, 6.45) is 8.69. The van der Waals surface area contributed by atoms with E-state index in [0.717, 1.165) is 36.2 Å². The highest BCUT2D eigenvalue weighted by molar-refractivity contribution is 7.92. The minimum Gasteiger partial charge on any atom is -0.327 e. The Labute approximate surface area is 192 Å². The number of fused-ring (bicyclic) bond motifs is 1. The van der Waals surface area contributed by atoms with Crippen molar-refractivity contribution >= 4 is 26.7 Å². The molecule has 2 aromatic carbocycles. The molecule has 0 unspecified atom stereocenters. The van der Waals surface area contributed by atoms with Crippen LogP contribution in [0, 0.1) is 5.92 Å². The first-order chi connectivity index (χ1) is 15.5. The fourth-order valence-electron chi connectivity index (χ4n) is 5.01. The minimum absolute atomic E-state index is 0.295. The summed E-state index contributed by atoms with van der Waals surface area (Å²) in [6.45, 7) is 5.47. The van der Waals surface area contributed by atoms with Gasteiger partial charge in [0.05, 0.1) is 21.6 Å². The van der Waals surface area contributed by atoms with Crippen molar-refractivity contribution in [3.8, 4) is 0 Å². The average molecular weight is 454 g/mol. The number of nitrogens with zero attached hydrogens (tertiary/aromatic N) is 3. The molecule has 1 saturated carbocycles. The summed E-state index contributed by atoms with van der Waals surface area (Å²) in [4.78, 5) is 5.35. The van der Waals surface area contributed by atoms with Crippen LogP contribution in [0.5, 0.6) is 0 Å². The lowest BCUT2D eigenvalue weighted by Gasteiger charge is -2.24. The molecule has 0 saturated heterocycles. The van der Waals surface area contributed by atoms with Gasteiger partial charge in [0.15, 0.2) is 0 Å². The number of anilines is 1. The van der Waals surface area contributed by atoms with Crippen LogP contribution in [0.1, 0.15) is 70.5 Å². The maximum atomic E-state index is 13.1. The highest BCUT2D eigenvalue weighted by Gasteiger charge is 2.24. The number of sulfonamides is 1. The monoisotopic (exact) mass is 453 g/mol. The maximum Gasteiger partial charge on any atom is 0.264 e. The van der Waals surface area contributed by atoms with Crippen molar-refractivity contribution in [3.05, 3.63) is 54.4 Å². The van der Waals surface area contributed by atoms with E-state index < -0.39 is 10.0 Å². The standard InChI is InChI=1S/C26H35N3O2S/c1-4-21(5-2)26-27-24-18-22(28(3)32(30,31)23-14-10-7-11-15-23)16-17-25(24)29(26)19-20-12-8-6-9-13-20/h7,10-11,14-18,20-21H,4-6,8-9,12-13,19H2,1-3H3. The Morgan fingerprint density at radius 3 is 2.38 bits per heavy atom. The van der Waals surface area contributed by atoms with Crippen molar-refractivity contribution < 1.29 is 8.42 Å². The van der Waals surface area contributed by atoms with Crippen LogP contribution in [-0.2, 0) is 16.6 Å². The Morgan fingerprint density at radius 2 is 1.72 bits per heavy atom.